The molecule has 0 amide bonds. The van der Waals surface area contributed by atoms with Crippen LogP contribution in [-0.2, 0) is 10.3 Å². The average molecular weight is 209 g/mol. The Morgan fingerprint density at radius 2 is 2.00 bits per heavy atom. The van der Waals surface area contributed by atoms with Crippen LogP contribution in [0.15, 0.2) is 0 Å². The molecule has 0 aliphatic carbocycles. The molecule has 6 nitrogen and oxygen atoms in total. The van der Waals surface area contributed by atoms with Gasteiger partial charge in [-0.25, -0.2) is 0 Å². The number of aliphatic hydroxyl groups is 2. The first-order valence-electron chi connectivity index (χ1n) is 2.32. The van der Waals surface area contributed by atoms with Crippen LogP contribution in [-0.4, -0.2) is 36.0 Å². The maximum Gasteiger partial charge on any atom is 1.00 e. The fourth-order valence-electron chi connectivity index (χ4n) is 0.301. The van der Waals surface area contributed by atoms with Gasteiger partial charge in [-0.3, -0.25) is 11.0 Å². The molecule has 1 unspecified atom stereocenters. The molecule has 0 rings (SSSR count). The Labute approximate surface area is 107 Å². The normalized spacial score (nSPS) is 13.7. The largest absolute Gasteiger partial charge is 1.00 e. The van der Waals surface area contributed by atoms with Crippen LogP contribution in [0.25, 0.3) is 0 Å². The predicted octanol–water partition coefficient (Wildman–Crippen LogP) is -5.10. The van der Waals surface area contributed by atoms with Gasteiger partial charge in [0.1, 0.15) is 0 Å². The summed E-state index contributed by atoms with van der Waals surface area (Å²) in [4.78, 5) is 0. The molecule has 4 N–H and O–H groups in total. The number of aliphatic hydroxyl groups excluding tert-OH is 2. The van der Waals surface area contributed by atoms with Crippen LogP contribution in [0.4, 0.5) is 0 Å². The Morgan fingerprint density at radius 3 is 2.27 bits per heavy atom. The molecule has 0 saturated carbocycles. The van der Waals surface area contributed by atoms with Crippen molar-refractivity contribution < 1.29 is 74.6 Å². The van der Waals surface area contributed by atoms with Gasteiger partial charge in [-0.15, -0.1) is 0 Å². The van der Waals surface area contributed by atoms with Crippen LogP contribution in [0.2, 0.25) is 0 Å². The van der Waals surface area contributed by atoms with Crippen molar-refractivity contribution in [3.63, 3.8) is 0 Å². The summed E-state index contributed by atoms with van der Waals surface area (Å²) in [6.45, 7) is -0.482. The van der Waals surface area contributed by atoms with E-state index in [1.54, 1.807) is 0 Å². The molecule has 0 heterocycles. The molecule has 0 aliphatic rings. The van der Waals surface area contributed by atoms with E-state index in [4.69, 9.17) is 14.8 Å². The van der Waals surface area contributed by atoms with Crippen LogP contribution in [0.1, 0.15) is 0 Å². The van der Waals surface area contributed by atoms with Crippen LogP contribution in [0.3, 0.4) is 0 Å². The number of hydrogen-bond donors (Lipinski definition) is 4. The van der Waals surface area contributed by atoms with Gasteiger partial charge < -0.3 is 10.2 Å². The van der Waals surface area contributed by atoms with Crippen molar-refractivity contribution in [2.45, 2.75) is 6.23 Å². The second kappa shape index (κ2) is 6.89. The molecule has 0 radical (unpaired) electrons. The van der Waals surface area contributed by atoms with Gasteiger partial charge in [0.05, 0.1) is 0 Å². The van der Waals surface area contributed by atoms with E-state index in [1.807, 2.05) is 0 Å². The van der Waals surface area contributed by atoms with Gasteiger partial charge in [0.2, 0.25) is 0 Å². The van der Waals surface area contributed by atoms with Crippen molar-refractivity contribution in [2.24, 2.45) is 0 Å². The van der Waals surface area contributed by atoms with Crippen LogP contribution >= 0.6 is 0 Å². The van der Waals surface area contributed by atoms with E-state index in [-0.39, 0.29) is 51.4 Å². The van der Waals surface area contributed by atoms with E-state index >= 15 is 0 Å². The molecule has 0 aromatic rings. The average Bonchev–Trinajstić information content (AvgIpc) is 1.59. The maximum absolute atomic E-state index is 9.90. The fraction of sp³-hybridized carbons (Fsp3) is 0.667. The molecule has 0 aromatic heterocycles. The standard InChI is InChI=1S/C3H8NO5S.K/c5-2-1-3(6)4-10(7,8)9;/h1,3-6H,2H2,(H,7,8,9);/q-1;+1. The first-order valence-corrected chi connectivity index (χ1v) is 3.76. The summed E-state index contributed by atoms with van der Waals surface area (Å²) >= 11 is 0. The Balaban J connectivity index is 0. The third-order valence-corrected chi connectivity index (χ3v) is 1.14. The van der Waals surface area contributed by atoms with Crippen molar-refractivity contribution in [1.29, 1.82) is 0 Å². The monoisotopic (exact) mass is 209 g/mol. The summed E-state index contributed by atoms with van der Waals surface area (Å²) in [5.74, 6) is 0. The zero-order valence-corrected chi connectivity index (χ0v) is 9.87. The number of hydrogen-bond acceptors (Lipinski definition) is 4. The summed E-state index contributed by atoms with van der Waals surface area (Å²) in [5.41, 5.74) is 0. The summed E-state index contributed by atoms with van der Waals surface area (Å²) in [6.07, 6.45) is -0.701. The number of nitrogens with one attached hydrogen (secondary N) is 1. The molecule has 0 aliphatic heterocycles. The smallest absolute Gasteiger partial charge is 0.428 e. The summed E-state index contributed by atoms with van der Waals surface area (Å²) in [6, 6.07) is 0. The molecule has 0 aromatic carbocycles. The topological polar surface area (TPSA) is 107 Å². The van der Waals surface area contributed by atoms with Crippen LogP contribution < -0.4 is 56.1 Å². The van der Waals surface area contributed by atoms with Gasteiger partial charge in [-0.2, -0.15) is 13.1 Å². The first kappa shape index (κ1) is 14.9. The molecule has 0 spiro atoms. The van der Waals surface area contributed by atoms with Crippen molar-refractivity contribution in [3.05, 3.63) is 6.42 Å². The Bertz CT molecular complexity index is 180. The van der Waals surface area contributed by atoms with Gasteiger partial charge in [-0.1, -0.05) is 6.61 Å². The maximum atomic E-state index is 9.90. The molecule has 0 saturated heterocycles. The SMILES string of the molecule is O=S(=O)(O)NC(O)[CH-]CO.[K+]. The second-order valence-corrected chi connectivity index (χ2v) is 2.64. The molecule has 62 valence electrons. The van der Waals surface area contributed by atoms with Crippen molar-refractivity contribution in [3.8, 4) is 0 Å². The minimum absolute atomic E-state index is 0. The van der Waals surface area contributed by atoms with E-state index in [2.05, 4.69) is 0 Å². The molecule has 0 bridgehead atoms. The van der Waals surface area contributed by atoms with Gasteiger partial charge in [0, 0.05) is 0 Å². The minimum atomic E-state index is -4.39. The molecule has 8 heteroatoms. The van der Waals surface area contributed by atoms with E-state index in [0.29, 0.717) is 0 Å². The Hall–Kier alpha value is 1.43. The molecule has 0 fully saturated rings. The Morgan fingerprint density at radius 1 is 1.55 bits per heavy atom. The van der Waals surface area contributed by atoms with Gasteiger partial charge in [0.25, 0.3) is 0 Å². The minimum Gasteiger partial charge on any atom is -0.428 e. The number of rotatable bonds is 4. The van der Waals surface area contributed by atoms with Crippen LogP contribution in [0.5, 0.6) is 0 Å². The molecule has 11 heavy (non-hydrogen) atoms. The van der Waals surface area contributed by atoms with Crippen molar-refractivity contribution in [1.82, 2.24) is 4.72 Å². The van der Waals surface area contributed by atoms with Crippen LogP contribution in [0, 0.1) is 6.42 Å². The molecule has 1 atom stereocenters. The quantitative estimate of drug-likeness (QED) is 0.160. The first-order chi connectivity index (χ1) is 4.45. The third kappa shape index (κ3) is 11.4. The second-order valence-electron chi connectivity index (χ2n) is 1.46. The van der Waals surface area contributed by atoms with E-state index in [0.717, 1.165) is 6.42 Å². The molecular weight excluding hydrogens is 201 g/mol. The summed E-state index contributed by atoms with van der Waals surface area (Å²) in [5, 5.41) is 16.6. The fourth-order valence-corrected chi connectivity index (χ4v) is 0.702. The third-order valence-electron chi connectivity index (χ3n) is 0.598. The van der Waals surface area contributed by atoms with Gasteiger partial charge >= 0.3 is 61.7 Å². The summed E-state index contributed by atoms with van der Waals surface area (Å²) < 4.78 is 29.2. The van der Waals surface area contributed by atoms with Gasteiger partial charge in [0.15, 0.2) is 0 Å². The van der Waals surface area contributed by atoms with E-state index in [9.17, 15) is 8.42 Å². The molecular formula is C3H8KNO5S. The van der Waals surface area contributed by atoms with E-state index < -0.39 is 23.1 Å². The Kier molecular flexibility index (Phi) is 9.35. The van der Waals surface area contributed by atoms with Gasteiger partial charge in [-0.05, 0) is 6.23 Å². The van der Waals surface area contributed by atoms with E-state index in [1.165, 1.54) is 4.72 Å². The van der Waals surface area contributed by atoms with Crippen molar-refractivity contribution >= 4 is 10.3 Å². The summed E-state index contributed by atoms with van der Waals surface area (Å²) in [7, 11) is -4.39. The zero-order chi connectivity index (χ0) is 8.20. The zero-order valence-electron chi connectivity index (χ0n) is 5.93. The van der Waals surface area contributed by atoms with Crippen molar-refractivity contribution in [2.75, 3.05) is 6.61 Å². The predicted molar refractivity (Wildman–Crippen MR) is 32.1 cm³/mol.